The Labute approximate surface area is 214 Å². The fourth-order valence-electron chi connectivity index (χ4n) is 4.75. The summed E-state index contributed by atoms with van der Waals surface area (Å²) in [4.78, 5) is 33.7. The molecular weight excluding hydrogens is 464 g/mol. The Balaban J connectivity index is 1.44. The second kappa shape index (κ2) is 9.61. The van der Waals surface area contributed by atoms with E-state index in [1.54, 1.807) is 12.3 Å². The minimum atomic E-state index is -0.173. The maximum Gasteiger partial charge on any atom is 0.248 e. The molecule has 1 aliphatic heterocycles. The van der Waals surface area contributed by atoms with E-state index in [2.05, 4.69) is 51.1 Å². The Bertz CT molecular complexity index is 1610. The monoisotopic (exact) mass is 492 g/mol. The molecule has 0 saturated carbocycles. The van der Waals surface area contributed by atoms with Gasteiger partial charge >= 0.3 is 0 Å². The number of nitrogens with zero attached hydrogens (tertiary/aromatic N) is 6. The van der Waals surface area contributed by atoms with Crippen molar-refractivity contribution in [3.8, 4) is 28.5 Å². The molecule has 0 aliphatic carbocycles. The quantitative estimate of drug-likeness (QED) is 0.388. The van der Waals surface area contributed by atoms with Gasteiger partial charge in [0.2, 0.25) is 5.56 Å². The fraction of sp³-hybridized carbons (Fsp3) is 0.214. The van der Waals surface area contributed by atoms with Crippen LogP contribution in [-0.2, 0) is 6.54 Å². The molecule has 0 spiro atoms. The number of hydrogen-bond donors (Lipinski definition) is 2. The Morgan fingerprint density at radius 1 is 0.919 bits per heavy atom. The first-order valence-corrected chi connectivity index (χ1v) is 12.4. The average molecular weight is 493 g/mol. The number of aromatic nitrogens is 5. The SMILES string of the molecule is CN1CCN(Cc2ccc(-n3c(-c4cccnc4N)nc4ccc(-c5cccc(=O)[nH]5)nc43)cc2)CC1. The van der Waals surface area contributed by atoms with Crippen LogP contribution < -0.4 is 11.3 Å². The van der Waals surface area contributed by atoms with Crippen LogP contribution in [0.1, 0.15) is 5.56 Å². The third-order valence-corrected chi connectivity index (χ3v) is 6.82. The van der Waals surface area contributed by atoms with E-state index in [1.807, 2.05) is 34.9 Å². The maximum absolute atomic E-state index is 11.9. The zero-order chi connectivity index (χ0) is 25.4. The summed E-state index contributed by atoms with van der Waals surface area (Å²) >= 11 is 0. The Morgan fingerprint density at radius 2 is 1.73 bits per heavy atom. The number of nitrogens with one attached hydrogen (secondary N) is 1. The lowest BCUT2D eigenvalue weighted by Crippen LogP contribution is -2.43. The number of fused-ring (bicyclic) bond motifs is 1. The summed E-state index contributed by atoms with van der Waals surface area (Å²) in [7, 11) is 2.17. The standard InChI is InChI=1S/C28H28N8O/c1-34-14-16-35(17-15-34)18-19-7-9-20(10-8-19)36-27(21-4-3-13-30-26(21)29)33-24-12-11-23(32-28(24)36)22-5-2-6-25(37)31-22/h2-13H,14-18H2,1H3,(H2,29,30)(H,31,37). The number of nitrogen functional groups attached to an aromatic ring is 1. The first-order valence-electron chi connectivity index (χ1n) is 12.4. The molecule has 9 nitrogen and oxygen atoms in total. The number of rotatable bonds is 5. The molecule has 0 amide bonds. The average Bonchev–Trinajstić information content (AvgIpc) is 3.29. The number of piperazine rings is 1. The zero-order valence-corrected chi connectivity index (χ0v) is 20.6. The van der Waals surface area contributed by atoms with Crippen molar-refractivity contribution in [2.75, 3.05) is 39.0 Å². The van der Waals surface area contributed by atoms with Gasteiger partial charge in [-0.2, -0.15) is 0 Å². The second-order valence-electron chi connectivity index (χ2n) is 9.42. The third-order valence-electron chi connectivity index (χ3n) is 6.82. The van der Waals surface area contributed by atoms with Crippen LogP contribution in [0.25, 0.3) is 39.6 Å². The van der Waals surface area contributed by atoms with E-state index in [1.165, 1.54) is 11.6 Å². The first kappa shape index (κ1) is 23.1. The first-order chi connectivity index (χ1) is 18.0. The van der Waals surface area contributed by atoms with Crippen molar-refractivity contribution in [3.63, 3.8) is 0 Å². The molecule has 1 fully saturated rings. The topological polar surface area (TPSA) is 109 Å². The van der Waals surface area contributed by atoms with Crippen LogP contribution in [0.4, 0.5) is 5.82 Å². The minimum Gasteiger partial charge on any atom is -0.383 e. The van der Waals surface area contributed by atoms with Crippen molar-refractivity contribution < 1.29 is 0 Å². The lowest BCUT2D eigenvalue weighted by Gasteiger charge is -2.32. The summed E-state index contributed by atoms with van der Waals surface area (Å²) in [5.74, 6) is 1.07. The van der Waals surface area contributed by atoms with Gasteiger partial charge in [-0.1, -0.05) is 18.2 Å². The molecule has 5 aromatic rings. The lowest BCUT2D eigenvalue weighted by molar-refractivity contribution is 0.148. The molecule has 5 heterocycles. The molecule has 0 unspecified atom stereocenters. The number of aromatic amines is 1. The van der Waals surface area contributed by atoms with Crippen LogP contribution in [0.5, 0.6) is 0 Å². The van der Waals surface area contributed by atoms with Gasteiger partial charge in [0.25, 0.3) is 0 Å². The number of hydrogen-bond acceptors (Lipinski definition) is 7. The molecule has 37 heavy (non-hydrogen) atoms. The van der Waals surface area contributed by atoms with Gasteiger partial charge < -0.3 is 15.6 Å². The van der Waals surface area contributed by atoms with Gasteiger partial charge in [0.1, 0.15) is 11.3 Å². The number of imidazole rings is 1. The molecule has 1 aliphatic rings. The Morgan fingerprint density at radius 3 is 2.49 bits per heavy atom. The summed E-state index contributed by atoms with van der Waals surface area (Å²) in [5.41, 5.74) is 11.7. The molecule has 0 radical (unpaired) electrons. The summed E-state index contributed by atoms with van der Waals surface area (Å²) in [5, 5.41) is 0. The van der Waals surface area contributed by atoms with Crippen molar-refractivity contribution in [2.45, 2.75) is 6.54 Å². The highest BCUT2D eigenvalue weighted by Gasteiger charge is 2.19. The number of pyridine rings is 3. The Hall–Kier alpha value is -4.34. The summed E-state index contributed by atoms with van der Waals surface area (Å²) < 4.78 is 2.01. The van der Waals surface area contributed by atoms with Crippen LogP contribution >= 0.6 is 0 Å². The molecule has 186 valence electrons. The molecule has 4 aromatic heterocycles. The second-order valence-corrected chi connectivity index (χ2v) is 9.42. The van der Waals surface area contributed by atoms with Gasteiger partial charge in [-0.15, -0.1) is 0 Å². The molecule has 3 N–H and O–H groups in total. The van der Waals surface area contributed by atoms with Crippen LogP contribution in [0.15, 0.2) is 77.7 Å². The van der Waals surface area contributed by atoms with Gasteiger partial charge in [-0.05, 0) is 55.1 Å². The lowest BCUT2D eigenvalue weighted by atomic mass is 10.1. The van der Waals surface area contributed by atoms with E-state index in [0.717, 1.165) is 49.5 Å². The maximum atomic E-state index is 11.9. The van der Waals surface area contributed by atoms with Crippen LogP contribution in [0.3, 0.4) is 0 Å². The number of benzene rings is 1. The van der Waals surface area contributed by atoms with E-state index >= 15 is 0 Å². The van der Waals surface area contributed by atoms with Gasteiger partial charge in [0, 0.05) is 50.7 Å². The molecular formula is C28H28N8O. The predicted octanol–water partition coefficient (Wildman–Crippen LogP) is 3.17. The number of likely N-dealkylation sites (N-methyl/N-ethyl adjacent to an activating group) is 1. The Kier molecular flexibility index (Phi) is 5.99. The van der Waals surface area contributed by atoms with Crippen molar-refractivity contribution in [1.29, 1.82) is 0 Å². The number of anilines is 1. The molecule has 1 aromatic carbocycles. The van der Waals surface area contributed by atoms with Crippen molar-refractivity contribution in [2.24, 2.45) is 0 Å². The smallest absolute Gasteiger partial charge is 0.248 e. The zero-order valence-electron chi connectivity index (χ0n) is 20.6. The highest BCUT2D eigenvalue weighted by Crippen LogP contribution is 2.31. The summed E-state index contributed by atoms with van der Waals surface area (Å²) in [6, 6.07) is 21.1. The van der Waals surface area contributed by atoms with Gasteiger partial charge in [0.05, 0.1) is 17.0 Å². The minimum absolute atomic E-state index is 0.173. The van der Waals surface area contributed by atoms with Crippen LogP contribution in [0, 0.1) is 0 Å². The molecule has 1 saturated heterocycles. The normalized spacial score (nSPS) is 14.8. The van der Waals surface area contributed by atoms with Gasteiger partial charge in [-0.25, -0.2) is 15.0 Å². The van der Waals surface area contributed by atoms with Crippen LogP contribution in [0.2, 0.25) is 0 Å². The van der Waals surface area contributed by atoms with Crippen molar-refractivity contribution >= 4 is 17.0 Å². The van der Waals surface area contributed by atoms with E-state index in [0.29, 0.717) is 28.7 Å². The number of H-pyrrole nitrogens is 1. The highest BCUT2D eigenvalue weighted by atomic mass is 16.1. The highest BCUT2D eigenvalue weighted by molar-refractivity contribution is 5.84. The van der Waals surface area contributed by atoms with Gasteiger partial charge in [-0.3, -0.25) is 14.3 Å². The number of nitrogens with two attached hydrogens (primary N) is 1. The molecule has 0 bridgehead atoms. The largest absolute Gasteiger partial charge is 0.383 e. The molecule has 0 atom stereocenters. The van der Waals surface area contributed by atoms with Crippen LogP contribution in [-0.4, -0.2) is 67.5 Å². The van der Waals surface area contributed by atoms with E-state index in [4.69, 9.17) is 15.7 Å². The predicted molar refractivity (Wildman–Crippen MR) is 145 cm³/mol. The van der Waals surface area contributed by atoms with Crippen molar-refractivity contribution in [3.05, 3.63) is 88.8 Å². The van der Waals surface area contributed by atoms with E-state index in [9.17, 15) is 4.79 Å². The molecule has 6 rings (SSSR count). The van der Waals surface area contributed by atoms with Crippen molar-refractivity contribution in [1.82, 2.24) is 34.3 Å². The van der Waals surface area contributed by atoms with E-state index in [-0.39, 0.29) is 5.56 Å². The summed E-state index contributed by atoms with van der Waals surface area (Å²) in [6.45, 7) is 5.25. The van der Waals surface area contributed by atoms with Gasteiger partial charge in [0.15, 0.2) is 11.5 Å². The van der Waals surface area contributed by atoms with E-state index < -0.39 is 0 Å². The third kappa shape index (κ3) is 4.62. The fourth-order valence-corrected chi connectivity index (χ4v) is 4.75. The molecule has 9 heteroatoms. The summed E-state index contributed by atoms with van der Waals surface area (Å²) in [6.07, 6.45) is 1.67.